The van der Waals surface area contributed by atoms with Crippen molar-refractivity contribution in [3.63, 3.8) is 0 Å². The molecule has 0 radical (unpaired) electrons. The van der Waals surface area contributed by atoms with Gasteiger partial charge in [0, 0.05) is 17.1 Å². The molecule has 2 aromatic rings. The van der Waals surface area contributed by atoms with Gasteiger partial charge in [0.05, 0.1) is 16.1 Å². The van der Waals surface area contributed by atoms with Crippen molar-refractivity contribution in [1.82, 2.24) is 0 Å². The molecule has 0 saturated carbocycles. The molecular weight excluding hydrogens is 417 g/mol. The standard InChI is InChI=1S/C26H34BNO3S/c1-8-16-19(27-30-25(4,5)26(6,7)31-27)10-9-11-20(16)28-13-12-17-18-14-24(2,3)15-21(18)32-22(17)23(28)29/h9-11H,8,12-15H2,1-7H3. The van der Waals surface area contributed by atoms with Crippen LogP contribution < -0.4 is 10.4 Å². The van der Waals surface area contributed by atoms with E-state index in [-0.39, 0.29) is 17.1 Å². The molecule has 3 heterocycles. The van der Waals surface area contributed by atoms with E-state index in [0.29, 0.717) is 5.41 Å². The molecule has 1 fully saturated rings. The average molecular weight is 451 g/mol. The third kappa shape index (κ3) is 3.29. The molecule has 0 spiro atoms. The van der Waals surface area contributed by atoms with Crippen LogP contribution in [-0.4, -0.2) is 30.8 Å². The van der Waals surface area contributed by atoms with E-state index in [1.165, 1.54) is 16.0 Å². The third-order valence-corrected chi connectivity index (χ3v) is 9.12. The molecule has 1 aromatic carbocycles. The van der Waals surface area contributed by atoms with E-state index in [1.807, 2.05) is 11.0 Å². The minimum atomic E-state index is -0.418. The Balaban J connectivity index is 1.49. The van der Waals surface area contributed by atoms with Crippen molar-refractivity contribution in [2.24, 2.45) is 5.41 Å². The van der Waals surface area contributed by atoms with E-state index in [2.05, 4.69) is 60.6 Å². The molecule has 6 heteroatoms. The van der Waals surface area contributed by atoms with Gasteiger partial charge < -0.3 is 14.2 Å². The second-order valence-electron chi connectivity index (χ2n) is 11.3. The number of thiophene rings is 1. The largest absolute Gasteiger partial charge is 0.495 e. The summed E-state index contributed by atoms with van der Waals surface area (Å²) in [4.78, 5) is 18.0. The Kier molecular flexibility index (Phi) is 4.98. The lowest BCUT2D eigenvalue weighted by Crippen LogP contribution is -2.41. The highest BCUT2D eigenvalue weighted by molar-refractivity contribution is 7.14. The summed E-state index contributed by atoms with van der Waals surface area (Å²) in [6.45, 7) is 15.9. The third-order valence-electron chi connectivity index (χ3n) is 7.86. The number of nitrogens with zero attached hydrogens (tertiary/aromatic N) is 1. The van der Waals surface area contributed by atoms with Gasteiger partial charge in [-0.05, 0) is 87.0 Å². The molecule has 32 heavy (non-hydrogen) atoms. The maximum atomic E-state index is 13.7. The highest BCUT2D eigenvalue weighted by Crippen LogP contribution is 2.46. The fourth-order valence-corrected chi connectivity index (χ4v) is 6.99. The molecule has 4 nitrogen and oxygen atoms in total. The van der Waals surface area contributed by atoms with Crippen molar-refractivity contribution in [1.29, 1.82) is 0 Å². The van der Waals surface area contributed by atoms with Crippen LogP contribution in [-0.2, 0) is 35.0 Å². The van der Waals surface area contributed by atoms with Crippen LogP contribution in [0.3, 0.4) is 0 Å². The van der Waals surface area contributed by atoms with Crippen LogP contribution >= 0.6 is 11.3 Å². The van der Waals surface area contributed by atoms with Crippen molar-refractivity contribution in [3.05, 3.63) is 44.6 Å². The highest BCUT2D eigenvalue weighted by atomic mass is 32.1. The summed E-state index contributed by atoms with van der Waals surface area (Å²) in [5.41, 5.74) is 5.51. The summed E-state index contributed by atoms with van der Waals surface area (Å²) in [5.74, 6) is 0.157. The molecule has 5 rings (SSSR count). The Hall–Kier alpha value is -1.63. The minimum absolute atomic E-state index is 0.157. The van der Waals surface area contributed by atoms with Gasteiger partial charge in [0.2, 0.25) is 0 Å². The lowest BCUT2D eigenvalue weighted by Gasteiger charge is -2.32. The first-order valence-electron chi connectivity index (χ1n) is 11.9. The Bertz CT molecular complexity index is 1080. The number of carbonyl (C=O) groups excluding carboxylic acids is 1. The van der Waals surface area contributed by atoms with E-state index < -0.39 is 7.12 Å². The molecule has 3 aliphatic rings. The number of benzene rings is 1. The summed E-state index contributed by atoms with van der Waals surface area (Å²) in [5, 5.41) is 0. The molecule has 0 bridgehead atoms. The molecular formula is C26H34BNO3S. The zero-order chi connectivity index (χ0) is 23.1. The van der Waals surface area contributed by atoms with Crippen LogP contribution in [0.5, 0.6) is 0 Å². The Morgan fingerprint density at radius 1 is 1.03 bits per heavy atom. The predicted molar refractivity (Wildman–Crippen MR) is 132 cm³/mol. The van der Waals surface area contributed by atoms with E-state index in [1.54, 1.807) is 11.3 Å². The maximum Gasteiger partial charge on any atom is 0.495 e. The zero-order valence-corrected chi connectivity index (χ0v) is 21.2. The van der Waals surface area contributed by atoms with Crippen molar-refractivity contribution >= 4 is 35.5 Å². The molecule has 0 N–H and O–H groups in total. The van der Waals surface area contributed by atoms with Gasteiger partial charge in [0.15, 0.2) is 0 Å². The van der Waals surface area contributed by atoms with Gasteiger partial charge in [-0.2, -0.15) is 0 Å². The lowest BCUT2D eigenvalue weighted by atomic mass is 9.74. The monoisotopic (exact) mass is 451 g/mol. The smallest absolute Gasteiger partial charge is 0.399 e. The average Bonchev–Trinajstić information content (AvgIpc) is 3.26. The maximum absolute atomic E-state index is 13.7. The van der Waals surface area contributed by atoms with Crippen LogP contribution in [0.2, 0.25) is 0 Å². The Labute approximate surface area is 196 Å². The summed E-state index contributed by atoms with van der Waals surface area (Å²) < 4.78 is 12.7. The van der Waals surface area contributed by atoms with Crippen LogP contribution in [0.1, 0.15) is 79.7 Å². The van der Waals surface area contributed by atoms with Gasteiger partial charge in [0.25, 0.3) is 5.91 Å². The molecule has 1 saturated heterocycles. The van der Waals surface area contributed by atoms with Gasteiger partial charge >= 0.3 is 7.12 Å². The number of carbonyl (C=O) groups is 1. The Morgan fingerprint density at radius 3 is 2.38 bits per heavy atom. The highest BCUT2D eigenvalue weighted by Gasteiger charge is 2.52. The first-order chi connectivity index (χ1) is 14.9. The number of hydrogen-bond donors (Lipinski definition) is 0. The lowest BCUT2D eigenvalue weighted by molar-refractivity contribution is 0.00578. The number of hydrogen-bond acceptors (Lipinski definition) is 4. The summed E-state index contributed by atoms with van der Waals surface area (Å²) in [7, 11) is -0.418. The van der Waals surface area contributed by atoms with Crippen LogP contribution in [0, 0.1) is 5.41 Å². The molecule has 170 valence electrons. The van der Waals surface area contributed by atoms with Crippen molar-refractivity contribution in [3.8, 4) is 0 Å². The van der Waals surface area contributed by atoms with Crippen molar-refractivity contribution in [2.45, 2.75) is 85.4 Å². The van der Waals surface area contributed by atoms with Gasteiger partial charge in [0.1, 0.15) is 0 Å². The molecule has 2 aliphatic heterocycles. The second-order valence-corrected chi connectivity index (χ2v) is 12.4. The number of anilines is 1. The van der Waals surface area contributed by atoms with E-state index >= 15 is 0 Å². The molecule has 1 amide bonds. The van der Waals surface area contributed by atoms with E-state index in [9.17, 15) is 4.79 Å². The molecule has 1 aromatic heterocycles. The quantitative estimate of drug-likeness (QED) is 0.621. The topological polar surface area (TPSA) is 38.8 Å². The first kappa shape index (κ1) is 22.2. The van der Waals surface area contributed by atoms with Crippen molar-refractivity contribution < 1.29 is 14.1 Å². The van der Waals surface area contributed by atoms with E-state index in [4.69, 9.17) is 9.31 Å². The van der Waals surface area contributed by atoms with Gasteiger partial charge in [-0.25, -0.2) is 0 Å². The fraction of sp³-hybridized carbons (Fsp3) is 0.577. The predicted octanol–water partition coefficient (Wildman–Crippen LogP) is 4.94. The van der Waals surface area contributed by atoms with Gasteiger partial charge in [-0.15, -0.1) is 11.3 Å². The van der Waals surface area contributed by atoms with Crippen LogP contribution in [0.25, 0.3) is 0 Å². The summed E-state index contributed by atoms with van der Waals surface area (Å²) in [6, 6.07) is 6.21. The van der Waals surface area contributed by atoms with Crippen LogP contribution in [0.4, 0.5) is 5.69 Å². The minimum Gasteiger partial charge on any atom is -0.399 e. The fourth-order valence-electron chi connectivity index (χ4n) is 5.41. The Morgan fingerprint density at radius 2 is 1.72 bits per heavy atom. The first-order valence-corrected chi connectivity index (χ1v) is 12.7. The second kappa shape index (κ2) is 7.18. The zero-order valence-electron chi connectivity index (χ0n) is 20.4. The van der Waals surface area contributed by atoms with Crippen molar-refractivity contribution in [2.75, 3.05) is 11.4 Å². The summed E-state index contributed by atoms with van der Waals surface area (Å²) in [6.07, 6.45) is 3.94. The van der Waals surface area contributed by atoms with Crippen LogP contribution in [0.15, 0.2) is 18.2 Å². The number of rotatable bonds is 3. The number of amides is 1. The molecule has 0 unspecified atom stereocenters. The normalized spacial score (nSPS) is 22.9. The molecule has 0 atom stereocenters. The van der Waals surface area contributed by atoms with Gasteiger partial charge in [-0.1, -0.05) is 32.9 Å². The molecule has 1 aliphatic carbocycles. The number of fused-ring (bicyclic) bond motifs is 3. The van der Waals surface area contributed by atoms with Gasteiger partial charge in [-0.3, -0.25) is 4.79 Å². The SMILES string of the molecule is CCc1c(B2OC(C)(C)C(C)(C)O2)cccc1N1CCc2c(sc3c2CC(C)(C)C3)C1=O. The summed E-state index contributed by atoms with van der Waals surface area (Å²) >= 11 is 1.74. The van der Waals surface area contributed by atoms with E-state index in [0.717, 1.165) is 53.8 Å².